The van der Waals surface area contributed by atoms with E-state index in [9.17, 15) is 4.79 Å². The quantitative estimate of drug-likeness (QED) is 0.775. The van der Waals surface area contributed by atoms with Crippen molar-refractivity contribution in [3.63, 3.8) is 0 Å². The Labute approximate surface area is 112 Å². The summed E-state index contributed by atoms with van der Waals surface area (Å²) in [5, 5.41) is 28.7. The summed E-state index contributed by atoms with van der Waals surface area (Å²) in [6.07, 6.45) is 1.54. The molecule has 0 aromatic carbocycles. The summed E-state index contributed by atoms with van der Waals surface area (Å²) in [4.78, 5) is 14.6. The highest BCUT2D eigenvalue weighted by molar-refractivity contribution is 7.98. The molecule has 0 saturated carbocycles. The van der Waals surface area contributed by atoms with Crippen molar-refractivity contribution >= 4 is 17.7 Å². The zero-order valence-electron chi connectivity index (χ0n) is 9.59. The molecule has 9 heteroatoms. The molecule has 8 nitrogen and oxygen atoms in total. The summed E-state index contributed by atoms with van der Waals surface area (Å²) in [6, 6.07) is 5.51. The van der Waals surface area contributed by atoms with Crippen molar-refractivity contribution in [2.75, 3.05) is 0 Å². The Balaban J connectivity index is 2.09. The summed E-state index contributed by atoms with van der Waals surface area (Å²) in [6.45, 7) is -0.298. The van der Waals surface area contributed by atoms with Gasteiger partial charge in [0, 0.05) is 11.9 Å². The number of rotatable bonds is 5. The molecule has 0 radical (unpaired) electrons. The smallest absolute Gasteiger partial charge is 0.325 e. The summed E-state index contributed by atoms with van der Waals surface area (Å²) in [5.74, 6) is -0.579. The Kier molecular flexibility index (Phi) is 4.04. The van der Waals surface area contributed by atoms with Gasteiger partial charge < -0.3 is 5.11 Å². The van der Waals surface area contributed by atoms with E-state index in [1.165, 1.54) is 16.4 Å². The van der Waals surface area contributed by atoms with E-state index in [0.29, 0.717) is 16.6 Å². The second-order valence-corrected chi connectivity index (χ2v) is 4.37. The summed E-state index contributed by atoms with van der Waals surface area (Å²) in [7, 11) is 0. The normalized spacial score (nSPS) is 10.1. The largest absolute Gasteiger partial charge is 0.480 e. The Morgan fingerprint density at radius 1 is 1.58 bits per heavy atom. The van der Waals surface area contributed by atoms with Crippen molar-refractivity contribution in [3.05, 3.63) is 29.6 Å². The molecule has 96 valence electrons. The van der Waals surface area contributed by atoms with E-state index in [2.05, 4.69) is 20.5 Å². The Hall–Kier alpha value is -2.47. The van der Waals surface area contributed by atoms with E-state index in [0.717, 1.165) is 5.56 Å². The Bertz CT molecular complexity index is 635. The van der Waals surface area contributed by atoms with Gasteiger partial charge in [0.05, 0.1) is 0 Å². The third-order valence-corrected chi connectivity index (χ3v) is 3.14. The SMILES string of the molecule is N#Cc1ncccc1CSc1nnnn1CC(=O)O. The minimum Gasteiger partial charge on any atom is -0.480 e. The molecule has 0 bridgehead atoms. The van der Waals surface area contributed by atoms with Crippen molar-refractivity contribution in [2.45, 2.75) is 17.5 Å². The number of nitriles is 1. The van der Waals surface area contributed by atoms with Gasteiger partial charge in [-0.2, -0.15) is 5.26 Å². The van der Waals surface area contributed by atoms with Gasteiger partial charge in [-0.25, -0.2) is 9.67 Å². The van der Waals surface area contributed by atoms with E-state index in [-0.39, 0.29) is 6.54 Å². The van der Waals surface area contributed by atoms with E-state index in [1.54, 1.807) is 18.3 Å². The van der Waals surface area contributed by atoms with Crippen LogP contribution in [0.5, 0.6) is 0 Å². The zero-order valence-corrected chi connectivity index (χ0v) is 10.4. The number of aliphatic carboxylic acids is 1. The molecular weight excluding hydrogens is 268 g/mol. The summed E-state index contributed by atoms with van der Waals surface area (Å²) < 4.78 is 1.19. The van der Waals surface area contributed by atoms with E-state index in [4.69, 9.17) is 10.4 Å². The van der Waals surface area contributed by atoms with Crippen LogP contribution in [-0.4, -0.2) is 36.3 Å². The van der Waals surface area contributed by atoms with E-state index < -0.39 is 5.97 Å². The third kappa shape index (κ3) is 3.26. The topological polar surface area (TPSA) is 118 Å². The molecule has 2 rings (SSSR count). The first kappa shape index (κ1) is 13.0. The molecule has 0 fully saturated rings. The number of carbonyl (C=O) groups is 1. The fraction of sp³-hybridized carbons (Fsp3) is 0.200. The first-order chi connectivity index (χ1) is 9.20. The molecule has 2 aromatic rings. The molecule has 0 unspecified atom stereocenters. The molecule has 0 aliphatic rings. The Morgan fingerprint density at radius 2 is 2.42 bits per heavy atom. The van der Waals surface area contributed by atoms with E-state index in [1.807, 2.05) is 6.07 Å². The van der Waals surface area contributed by atoms with Crippen molar-refractivity contribution in [1.82, 2.24) is 25.2 Å². The first-order valence-corrected chi connectivity index (χ1v) is 6.14. The lowest BCUT2D eigenvalue weighted by Crippen LogP contribution is -2.11. The lowest BCUT2D eigenvalue weighted by Gasteiger charge is -2.02. The average molecular weight is 276 g/mol. The molecule has 0 amide bonds. The van der Waals surface area contributed by atoms with Gasteiger partial charge in [0.2, 0.25) is 5.16 Å². The standard InChI is InChI=1S/C10H8N6O2S/c11-4-8-7(2-1-3-12-8)6-19-10-13-14-15-16(10)5-9(17)18/h1-3H,5-6H2,(H,17,18). The van der Waals surface area contributed by atoms with Gasteiger partial charge in [0.25, 0.3) is 0 Å². The maximum absolute atomic E-state index is 10.6. The molecule has 0 spiro atoms. The van der Waals surface area contributed by atoms with Crippen LogP contribution >= 0.6 is 11.8 Å². The second-order valence-electron chi connectivity index (χ2n) is 3.42. The molecule has 0 aliphatic heterocycles. The maximum Gasteiger partial charge on any atom is 0.325 e. The number of carboxylic acids is 1. The molecule has 1 N–H and O–H groups in total. The van der Waals surface area contributed by atoms with Gasteiger partial charge in [-0.15, -0.1) is 5.10 Å². The van der Waals surface area contributed by atoms with Crippen molar-refractivity contribution < 1.29 is 9.90 Å². The highest BCUT2D eigenvalue weighted by Crippen LogP contribution is 2.20. The number of hydrogen-bond acceptors (Lipinski definition) is 7. The van der Waals surface area contributed by atoms with Gasteiger partial charge in [0.1, 0.15) is 18.3 Å². The third-order valence-electron chi connectivity index (χ3n) is 2.14. The molecular formula is C10H8N6O2S. The minimum absolute atomic E-state index is 0.298. The fourth-order valence-corrected chi connectivity index (χ4v) is 2.19. The Morgan fingerprint density at radius 3 is 3.16 bits per heavy atom. The molecule has 0 saturated heterocycles. The monoisotopic (exact) mass is 276 g/mol. The number of thioether (sulfide) groups is 1. The molecule has 2 heterocycles. The van der Waals surface area contributed by atoms with Crippen molar-refractivity contribution in [1.29, 1.82) is 5.26 Å². The second kappa shape index (κ2) is 5.92. The lowest BCUT2D eigenvalue weighted by atomic mass is 10.2. The van der Waals surface area contributed by atoms with Crippen LogP contribution in [0.1, 0.15) is 11.3 Å². The van der Waals surface area contributed by atoms with Crippen LogP contribution < -0.4 is 0 Å². The number of carboxylic acid groups (broad SMARTS) is 1. The van der Waals surface area contributed by atoms with Crippen LogP contribution in [-0.2, 0) is 17.1 Å². The molecule has 2 aromatic heterocycles. The van der Waals surface area contributed by atoms with Crippen LogP contribution in [0.2, 0.25) is 0 Å². The van der Waals surface area contributed by atoms with Crippen LogP contribution in [0.25, 0.3) is 0 Å². The van der Waals surface area contributed by atoms with Crippen molar-refractivity contribution in [2.24, 2.45) is 0 Å². The maximum atomic E-state index is 10.6. The predicted octanol–water partition coefficient (Wildman–Crippen LogP) is 0.317. The van der Waals surface area contributed by atoms with E-state index >= 15 is 0 Å². The van der Waals surface area contributed by atoms with Gasteiger partial charge in [-0.3, -0.25) is 4.79 Å². The van der Waals surface area contributed by atoms with Gasteiger partial charge in [-0.05, 0) is 22.1 Å². The van der Waals surface area contributed by atoms with Crippen LogP contribution in [0.4, 0.5) is 0 Å². The number of nitrogens with zero attached hydrogens (tertiary/aromatic N) is 6. The van der Waals surface area contributed by atoms with Crippen LogP contribution in [0.15, 0.2) is 23.5 Å². The molecule has 0 atom stereocenters. The zero-order chi connectivity index (χ0) is 13.7. The molecule has 19 heavy (non-hydrogen) atoms. The van der Waals surface area contributed by atoms with Gasteiger partial charge in [0.15, 0.2) is 0 Å². The predicted molar refractivity (Wildman–Crippen MR) is 64.0 cm³/mol. The first-order valence-electron chi connectivity index (χ1n) is 5.15. The fourth-order valence-electron chi connectivity index (χ4n) is 1.33. The highest BCUT2D eigenvalue weighted by atomic mass is 32.2. The summed E-state index contributed by atoms with van der Waals surface area (Å²) >= 11 is 1.25. The van der Waals surface area contributed by atoms with Gasteiger partial charge >= 0.3 is 5.97 Å². The van der Waals surface area contributed by atoms with Crippen LogP contribution in [0, 0.1) is 11.3 Å². The summed E-state index contributed by atoms with van der Waals surface area (Å²) in [5.41, 5.74) is 1.09. The lowest BCUT2D eigenvalue weighted by molar-refractivity contribution is -0.138. The number of hydrogen-bond donors (Lipinski definition) is 1. The van der Waals surface area contributed by atoms with Crippen LogP contribution in [0.3, 0.4) is 0 Å². The number of pyridine rings is 1. The van der Waals surface area contributed by atoms with Crippen molar-refractivity contribution in [3.8, 4) is 6.07 Å². The number of aromatic nitrogens is 5. The van der Waals surface area contributed by atoms with Gasteiger partial charge in [-0.1, -0.05) is 17.8 Å². The minimum atomic E-state index is -1.02. The number of tetrazole rings is 1. The average Bonchev–Trinajstić information content (AvgIpc) is 2.83. The highest BCUT2D eigenvalue weighted by Gasteiger charge is 2.11. The molecule has 0 aliphatic carbocycles.